The highest BCUT2D eigenvalue weighted by atomic mass is 32.1. The van der Waals surface area contributed by atoms with Crippen LogP contribution in [0.15, 0.2) is 0 Å². The summed E-state index contributed by atoms with van der Waals surface area (Å²) in [5.41, 5.74) is 0.852. The van der Waals surface area contributed by atoms with Gasteiger partial charge in [-0.05, 0) is 25.7 Å². The SMILES string of the molecule is CCC(CC)N(CC(C)C)c1nc(C)c(C=O)s1. The van der Waals surface area contributed by atoms with Gasteiger partial charge in [-0.15, -0.1) is 0 Å². The number of aryl methyl sites for hydroxylation is 1. The summed E-state index contributed by atoms with van der Waals surface area (Å²) in [5.74, 6) is 0.592. The van der Waals surface area contributed by atoms with Gasteiger partial charge in [0.25, 0.3) is 0 Å². The lowest BCUT2D eigenvalue weighted by Crippen LogP contribution is -2.37. The second-order valence-corrected chi connectivity index (χ2v) is 6.09. The van der Waals surface area contributed by atoms with Crippen LogP contribution in [0.5, 0.6) is 0 Å². The Kier molecular flexibility index (Phi) is 5.79. The van der Waals surface area contributed by atoms with Gasteiger partial charge in [-0.25, -0.2) is 4.98 Å². The van der Waals surface area contributed by atoms with Crippen molar-refractivity contribution in [3.05, 3.63) is 10.6 Å². The minimum absolute atomic E-state index is 0.512. The zero-order chi connectivity index (χ0) is 13.7. The van der Waals surface area contributed by atoms with Crippen molar-refractivity contribution in [1.82, 2.24) is 4.98 Å². The Labute approximate surface area is 114 Å². The number of anilines is 1. The molecule has 0 spiro atoms. The number of aromatic nitrogens is 1. The van der Waals surface area contributed by atoms with Gasteiger partial charge in [0, 0.05) is 12.6 Å². The molecule has 3 nitrogen and oxygen atoms in total. The van der Waals surface area contributed by atoms with Crippen LogP contribution in [-0.4, -0.2) is 23.9 Å². The van der Waals surface area contributed by atoms with Crippen molar-refractivity contribution in [2.24, 2.45) is 5.92 Å². The first-order chi connectivity index (χ1) is 8.53. The molecule has 0 aliphatic carbocycles. The smallest absolute Gasteiger partial charge is 0.186 e. The third kappa shape index (κ3) is 3.55. The van der Waals surface area contributed by atoms with Gasteiger partial charge in [-0.3, -0.25) is 4.79 Å². The van der Waals surface area contributed by atoms with E-state index < -0.39 is 0 Å². The second kappa shape index (κ2) is 6.88. The summed E-state index contributed by atoms with van der Waals surface area (Å²) in [7, 11) is 0. The van der Waals surface area contributed by atoms with Crippen LogP contribution in [0, 0.1) is 12.8 Å². The molecule has 18 heavy (non-hydrogen) atoms. The molecule has 0 N–H and O–H groups in total. The van der Waals surface area contributed by atoms with E-state index >= 15 is 0 Å². The molecule has 0 amide bonds. The van der Waals surface area contributed by atoms with Crippen LogP contribution in [0.4, 0.5) is 5.13 Å². The van der Waals surface area contributed by atoms with Crippen molar-refractivity contribution < 1.29 is 4.79 Å². The molecule has 1 heterocycles. The van der Waals surface area contributed by atoms with Crippen molar-refractivity contribution >= 4 is 22.8 Å². The molecule has 4 heteroatoms. The monoisotopic (exact) mass is 268 g/mol. The van der Waals surface area contributed by atoms with Crippen LogP contribution in [-0.2, 0) is 0 Å². The van der Waals surface area contributed by atoms with Crippen LogP contribution in [0.25, 0.3) is 0 Å². The highest BCUT2D eigenvalue weighted by molar-refractivity contribution is 7.17. The summed E-state index contributed by atoms with van der Waals surface area (Å²) in [6.45, 7) is 11.8. The summed E-state index contributed by atoms with van der Waals surface area (Å²) in [6, 6.07) is 0.512. The molecule has 0 aromatic carbocycles. The second-order valence-electron chi connectivity index (χ2n) is 5.08. The first-order valence-corrected chi connectivity index (χ1v) is 7.54. The molecule has 102 valence electrons. The molecular formula is C14H24N2OS. The largest absolute Gasteiger partial charge is 0.345 e. The summed E-state index contributed by atoms with van der Waals surface area (Å²) in [5, 5.41) is 0.997. The molecule has 1 aromatic rings. The maximum absolute atomic E-state index is 10.9. The van der Waals surface area contributed by atoms with Gasteiger partial charge >= 0.3 is 0 Å². The topological polar surface area (TPSA) is 33.2 Å². The van der Waals surface area contributed by atoms with Crippen LogP contribution in [0.2, 0.25) is 0 Å². The van der Waals surface area contributed by atoms with Gasteiger partial charge in [-0.2, -0.15) is 0 Å². The first kappa shape index (κ1) is 15.2. The van der Waals surface area contributed by atoms with Crippen molar-refractivity contribution in [2.75, 3.05) is 11.4 Å². The van der Waals surface area contributed by atoms with Gasteiger partial charge in [0.15, 0.2) is 11.4 Å². The highest BCUT2D eigenvalue weighted by Crippen LogP contribution is 2.28. The van der Waals surface area contributed by atoms with E-state index in [1.54, 1.807) is 0 Å². The fourth-order valence-electron chi connectivity index (χ4n) is 2.13. The molecule has 0 bridgehead atoms. The van der Waals surface area contributed by atoms with Gasteiger partial charge in [0.2, 0.25) is 0 Å². The fraction of sp³-hybridized carbons (Fsp3) is 0.714. The van der Waals surface area contributed by atoms with E-state index in [0.717, 1.165) is 41.4 Å². The number of carbonyl (C=O) groups excluding carboxylic acids is 1. The molecule has 0 saturated heterocycles. The lowest BCUT2D eigenvalue weighted by molar-refractivity contribution is 0.112. The van der Waals surface area contributed by atoms with Crippen LogP contribution in [0.3, 0.4) is 0 Å². The molecular weight excluding hydrogens is 244 g/mol. The summed E-state index contributed by atoms with van der Waals surface area (Å²) in [6.07, 6.45) is 3.13. The number of hydrogen-bond acceptors (Lipinski definition) is 4. The molecule has 1 rings (SSSR count). The van der Waals surface area contributed by atoms with E-state index in [9.17, 15) is 4.79 Å². The van der Waals surface area contributed by atoms with Crippen molar-refractivity contribution in [3.63, 3.8) is 0 Å². The Balaban J connectivity index is 3.03. The number of carbonyl (C=O) groups is 1. The first-order valence-electron chi connectivity index (χ1n) is 6.72. The predicted molar refractivity (Wildman–Crippen MR) is 78.8 cm³/mol. The van der Waals surface area contributed by atoms with Gasteiger partial charge in [0.1, 0.15) is 0 Å². The van der Waals surface area contributed by atoms with Crippen molar-refractivity contribution in [2.45, 2.75) is 53.5 Å². The van der Waals surface area contributed by atoms with Gasteiger partial charge in [-0.1, -0.05) is 39.0 Å². The van der Waals surface area contributed by atoms with Gasteiger partial charge < -0.3 is 4.90 Å². The highest BCUT2D eigenvalue weighted by Gasteiger charge is 2.21. The van der Waals surface area contributed by atoms with Gasteiger partial charge in [0.05, 0.1) is 10.6 Å². The van der Waals surface area contributed by atoms with E-state index in [0.29, 0.717) is 12.0 Å². The number of aldehydes is 1. The maximum atomic E-state index is 10.9. The molecule has 0 aliphatic heterocycles. The molecule has 0 fully saturated rings. The number of hydrogen-bond donors (Lipinski definition) is 0. The molecule has 0 unspecified atom stereocenters. The molecule has 0 radical (unpaired) electrons. The standard InChI is InChI=1S/C14H24N2OS/c1-6-12(7-2)16(8-10(3)4)14-15-11(5)13(9-17)18-14/h9-10,12H,6-8H2,1-5H3. The van der Waals surface area contributed by atoms with Crippen LogP contribution >= 0.6 is 11.3 Å². The average Bonchev–Trinajstić information content (AvgIpc) is 2.70. The molecule has 0 aliphatic rings. The quantitative estimate of drug-likeness (QED) is 0.703. The molecule has 0 atom stereocenters. The van der Waals surface area contributed by atoms with Crippen LogP contribution in [0.1, 0.15) is 55.9 Å². The number of thiazole rings is 1. The zero-order valence-electron chi connectivity index (χ0n) is 12.1. The summed E-state index contributed by atoms with van der Waals surface area (Å²) >= 11 is 1.52. The average molecular weight is 268 g/mol. The van der Waals surface area contributed by atoms with Crippen molar-refractivity contribution in [3.8, 4) is 0 Å². The van der Waals surface area contributed by atoms with E-state index in [1.807, 2.05) is 6.92 Å². The van der Waals surface area contributed by atoms with E-state index in [-0.39, 0.29) is 0 Å². The fourth-order valence-corrected chi connectivity index (χ4v) is 3.09. The summed E-state index contributed by atoms with van der Waals surface area (Å²) in [4.78, 5) is 18.6. The molecule has 0 saturated carbocycles. The van der Waals surface area contributed by atoms with E-state index in [2.05, 4.69) is 37.6 Å². The lowest BCUT2D eigenvalue weighted by atomic mass is 10.1. The summed E-state index contributed by atoms with van der Waals surface area (Å²) < 4.78 is 0. The maximum Gasteiger partial charge on any atom is 0.186 e. The van der Waals surface area contributed by atoms with Crippen LogP contribution < -0.4 is 4.90 Å². The third-order valence-corrected chi connectivity index (χ3v) is 4.24. The predicted octanol–water partition coefficient (Wildman–Crippen LogP) is 3.92. The van der Waals surface area contributed by atoms with E-state index in [4.69, 9.17) is 0 Å². The zero-order valence-corrected chi connectivity index (χ0v) is 12.9. The Morgan fingerprint density at radius 1 is 1.33 bits per heavy atom. The minimum Gasteiger partial charge on any atom is -0.345 e. The normalized spacial score (nSPS) is 11.3. The van der Waals surface area contributed by atoms with E-state index in [1.165, 1.54) is 11.3 Å². The molecule has 1 aromatic heterocycles. The minimum atomic E-state index is 0.512. The number of rotatable bonds is 7. The lowest BCUT2D eigenvalue weighted by Gasteiger charge is -2.31. The Morgan fingerprint density at radius 3 is 2.33 bits per heavy atom. The third-order valence-electron chi connectivity index (χ3n) is 3.12. The Hall–Kier alpha value is -0.900. The van der Waals surface area contributed by atoms with Crippen molar-refractivity contribution in [1.29, 1.82) is 0 Å². The Bertz CT molecular complexity index is 383. The number of nitrogens with zero attached hydrogens (tertiary/aromatic N) is 2. The Morgan fingerprint density at radius 2 is 1.94 bits per heavy atom.